The highest BCUT2D eigenvalue weighted by atomic mass is 16.8. The topological polar surface area (TPSA) is 366 Å². The fraction of sp³-hybridized carbons (Fsp3) is 1.00. The van der Waals surface area contributed by atoms with Gasteiger partial charge < -0.3 is 114 Å². The molecular formula is C27H46O23. The van der Waals surface area contributed by atoms with Crippen molar-refractivity contribution in [3.8, 4) is 0 Å². The largest absolute Gasteiger partial charge is 0.394 e. The van der Waals surface area contributed by atoms with Crippen molar-refractivity contribution in [2.75, 3.05) is 33.0 Å². The lowest BCUT2D eigenvalue weighted by Crippen LogP contribution is -2.64. The lowest BCUT2D eigenvalue weighted by Gasteiger charge is -2.46. The van der Waals surface area contributed by atoms with E-state index >= 15 is 0 Å². The van der Waals surface area contributed by atoms with Crippen LogP contribution in [0.1, 0.15) is 0 Å². The van der Waals surface area contributed by atoms with Gasteiger partial charge in [-0.2, -0.15) is 0 Å². The van der Waals surface area contributed by atoms with E-state index in [0.717, 1.165) is 0 Å². The first-order valence-corrected chi connectivity index (χ1v) is 15.8. The first-order valence-electron chi connectivity index (χ1n) is 15.8. The van der Waals surface area contributed by atoms with E-state index < -0.39 is 168 Å². The Morgan fingerprint density at radius 3 is 1.56 bits per heavy atom. The van der Waals surface area contributed by atoms with Gasteiger partial charge in [0, 0.05) is 0 Å². The van der Waals surface area contributed by atoms with Crippen molar-refractivity contribution in [2.24, 2.45) is 0 Å². The lowest BCUT2D eigenvalue weighted by molar-refractivity contribution is -0.360. The molecule has 5 fully saturated rings. The van der Waals surface area contributed by atoms with Gasteiger partial charge in [0.2, 0.25) is 0 Å². The van der Waals surface area contributed by atoms with Crippen LogP contribution in [-0.4, -0.2) is 240 Å². The van der Waals surface area contributed by atoms with Crippen LogP contribution >= 0.6 is 0 Å². The molecule has 0 aromatic heterocycles. The Bertz CT molecular complexity index is 1060. The number of rotatable bonds is 12. The smallest absolute Gasteiger partial charge is 0.187 e. The van der Waals surface area contributed by atoms with Crippen LogP contribution in [0.25, 0.3) is 0 Å². The third-order valence-electron chi connectivity index (χ3n) is 9.20. The van der Waals surface area contributed by atoms with Crippen molar-refractivity contribution in [1.82, 2.24) is 0 Å². The van der Waals surface area contributed by atoms with E-state index in [0.29, 0.717) is 0 Å². The molecule has 0 bridgehead atoms. The quantitative estimate of drug-likeness (QED) is 0.0883. The molecule has 0 aromatic carbocycles. The second kappa shape index (κ2) is 17.0. The van der Waals surface area contributed by atoms with Gasteiger partial charge in [-0.05, 0) is 0 Å². The Morgan fingerprint density at radius 1 is 0.420 bits per heavy atom. The number of hydrogen-bond acceptors (Lipinski definition) is 23. The van der Waals surface area contributed by atoms with E-state index in [1.54, 1.807) is 0 Å². The summed E-state index contributed by atoms with van der Waals surface area (Å²) in [6.07, 6.45) is -36.9. The van der Waals surface area contributed by atoms with Crippen molar-refractivity contribution < 1.29 is 114 Å². The van der Waals surface area contributed by atoms with Crippen LogP contribution in [0.3, 0.4) is 0 Å². The Balaban J connectivity index is 1.35. The van der Waals surface area contributed by atoms with Gasteiger partial charge in [-0.25, -0.2) is 0 Å². The van der Waals surface area contributed by atoms with Gasteiger partial charge in [0.05, 0.1) is 33.0 Å². The van der Waals surface area contributed by atoms with Gasteiger partial charge in [0.25, 0.3) is 0 Å². The summed E-state index contributed by atoms with van der Waals surface area (Å²) in [7, 11) is 0. The lowest BCUT2D eigenvalue weighted by atomic mass is 9.97. The van der Waals surface area contributed by atoms with Gasteiger partial charge in [0.1, 0.15) is 104 Å². The monoisotopic (exact) mass is 738 g/mol. The molecule has 0 saturated carbocycles. The number of aliphatic hydroxyl groups is 14. The minimum absolute atomic E-state index is 0.449. The minimum Gasteiger partial charge on any atom is -0.394 e. The van der Waals surface area contributed by atoms with Crippen LogP contribution in [0.4, 0.5) is 0 Å². The molecule has 5 saturated heterocycles. The van der Waals surface area contributed by atoms with E-state index in [-0.39, 0.29) is 0 Å². The zero-order valence-corrected chi connectivity index (χ0v) is 26.2. The summed E-state index contributed by atoms with van der Waals surface area (Å²) in [6, 6.07) is 0. The maximum Gasteiger partial charge on any atom is 0.187 e. The third-order valence-corrected chi connectivity index (χ3v) is 9.20. The van der Waals surface area contributed by atoms with Crippen LogP contribution in [0.5, 0.6) is 0 Å². The normalized spacial score (nSPS) is 53.2. The zero-order valence-electron chi connectivity index (χ0n) is 26.2. The van der Waals surface area contributed by atoms with Crippen LogP contribution in [0.2, 0.25) is 0 Å². The Hall–Kier alpha value is -0.920. The maximum atomic E-state index is 11.4. The van der Waals surface area contributed by atoms with Crippen LogP contribution < -0.4 is 0 Å². The van der Waals surface area contributed by atoms with Gasteiger partial charge in [-0.1, -0.05) is 0 Å². The van der Waals surface area contributed by atoms with E-state index in [2.05, 4.69) is 0 Å². The first kappa shape index (κ1) is 40.3. The Morgan fingerprint density at radius 2 is 0.920 bits per heavy atom. The summed E-state index contributed by atoms with van der Waals surface area (Å²) in [4.78, 5) is 0. The number of aliphatic hydroxyl groups excluding tert-OH is 14. The summed E-state index contributed by atoms with van der Waals surface area (Å²) < 4.78 is 49.8. The molecule has 0 radical (unpaired) electrons. The molecule has 0 aromatic rings. The molecule has 0 aliphatic carbocycles. The highest BCUT2D eigenvalue weighted by molar-refractivity contribution is 4.98. The van der Waals surface area contributed by atoms with Crippen molar-refractivity contribution >= 4 is 0 Å². The molecular weight excluding hydrogens is 692 g/mol. The summed E-state index contributed by atoms with van der Waals surface area (Å²) in [5.74, 6) is 0. The predicted octanol–water partition coefficient (Wildman–Crippen LogP) is -10.0. The number of hydrogen-bond donors (Lipinski definition) is 14. The predicted molar refractivity (Wildman–Crippen MR) is 148 cm³/mol. The molecule has 5 aliphatic rings. The molecule has 0 spiro atoms. The van der Waals surface area contributed by atoms with Crippen molar-refractivity contribution in [3.63, 3.8) is 0 Å². The molecule has 22 atom stereocenters. The van der Waals surface area contributed by atoms with Gasteiger partial charge in [-0.15, -0.1) is 0 Å². The molecule has 5 heterocycles. The molecule has 5 aliphatic heterocycles. The summed E-state index contributed by atoms with van der Waals surface area (Å²) >= 11 is 0. The second-order valence-corrected chi connectivity index (χ2v) is 12.6. The molecule has 23 heteroatoms. The SMILES string of the molecule is OC[C@@H]1O[C@@H](O[C@@H]2[C@H](O[C@@H]3O[C@@H](CO)[C@H](O[C@H]4OC[C@H](O)[C@H](O)[C@H]4O)[C@H]3O)[C@@H](O)[C@H](OC[C@H]3OC(O)[C@H](O)[C@@H](O)[C@H]3O)O[C@@H]2CO)[C@H](O)[C@H]1O. The summed E-state index contributed by atoms with van der Waals surface area (Å²) in [5.41, 5.74) is 0. The molecule has 14 N–H and O–H groups in total. The zero-order chi connectivity index (χ0) is 36.6. The van der Waals surface area contributed by atoms with Crippen molar-refractivity contribution in [3.05, 3.63) is 0 Å². The number of ether oxygens (including phenoxy) is 9. The van der Waals surface area contributed by atoms with Crippen molar-refractivity contribution in [2.45, 2.75) is 135 Å². The Labute approximate surface area is 282 Å². The second-order valence-electron chi connectivity index (χ2n) is 12.6. The van der Waals surface area contributed by atoms with Gasteiger partial charge >= 0.3 is 0 Å². The van der Waals surface area contributed by atoms with Crippen LogP contribution in [-0.2, 0) is 42.6 Å². The summed E-state index contributed by atoms with van der Waals surface area (Å²) in [6.45, 7) is -3.55. The van der Waals surface area contributed by atoms with E-state index in [1.165, 1.54) is 0 Å². The highest BCUT2D eigenvalue weighted by Gasteiger charge is 2.56. The fourth-order valence-electron chi connectivity index (χ4n) is 6.23. The molecule has 5 rings (SSSR count). The average molecular weight is 739 g/mol. The minimum atomic E-state index is -1.97. The van der Waals surface area contributed by atoms with Crippen molar-refractivity contribution in [1.29, 1.82) is 0 Å². The highest BCUT2D eigenvalue weighted by Crippen LogP contribution is 2.36. The standard InChI is InChI=1S/C27H46O23/c28-1-7-12(33)17(38)26(45-7)49-21-9(3-30)46-25(43-5-10-13(34)14(35)15(36)23(41)44-10)19(40)22(21)50-27-18(39)20(8(2-29)47-27)48-24-16(37)11(32)6(31)4-42-24/h6-41H,1-5H2/t6-,7-,8-,9+,10+,11-,12-,13-,14-,15+,16+,17+,18+,19+,20-,21-,22+,23?,24+,25+,26-,27-/m0/s1. The van der Waals surface area contributed by atoms with E-state index in [9.17, 15) is 71.5 Å². The van der Waals surface area contributed by atoms with Crippen LogP contribution in [0.15, 0.2) is 0 Å². The van der Waals surface area contributed by atoms with E-state index in [4.69, 9.17) is 42.6 Å². The average Bonchev–Trinajstić information content (AvgIpc) is 3.55. The molecule has 1 unspecified atom stereocenters. The fourth-order valence-corrected chi connectivity index (χ4v) is 6.23. The molecule has 23 nitrogen and oxygen atoms in total. The molecule has 0 amide bonds. The Kier molecular flexibility index (Phi) is 13.7. The van der Waals surface area contributed by atoms with Gasteiger partial charge in [0.15, 0.2) is 31.5 Å². The summed E-state index contributed by atoms with van der Waals surface area (Å²) in [5, 5.41) is 143. The third kappa shape index (κ3) is 8.10. The molecule has 50 heavy (non-hydrogen) atoms. The first-order chi connectivity index (χ1) is 23.7. The maximum absolute atomic E-state index is 11.4. The van der Waals surface area contributed by atoms with Gasteiger partial charge in [-0.3, -0.25) is 0 Å². The molecule has 292 valence electrons. The van der Waals surface area contributed by atoms with E-state index in [1.807, 2.05) is 0 Å². The van der Waals surface area contributed by atoms with Crippen LogP contribution in [0, 0.1) is 0 Å².